The van der Waals surface area contributed by atoms with E-state index < -0.39 is 0 Å². The highest BCUT2D eigenvalue weighted by Gasteiger charge is 2.28. The molecule has 0 radical (unpaired) electrons. The Morgan fingerprint density at radius 1 is 1.08 bits per heavy atom. The van der Waals surface area contributed by atoms with Crippen LogP contribution in [0.3, 0.4) is 0 Å². The van der Waals surface area contributed by atoms with E-state index in [9.17, 15) is 0 Å². The first-order chi connectivity index (χ1) is 11.3. The molecule has 0 aliphatic carbocycles. The summed E-state index contributed by atoms with van der Waals surface area (Å²) in [6.45, 7) is 8.64. The van der Waals surface area contributed by atoms with E-state index in [4.69, 9.17) is 11.6 Å². The van der Waals surface area contributed by atoms with Crippen LogP contribution in [0.1, 0.15) is 37.5 Å². The molecule has 3 rings (SSSR count). The van der Waals surface area contributed by atoms with E-state index in [2.05, 4.69) is 68.9 Å². The van der Waals surface area contributed by atoms with Crippen LogP contribution in [-0.4, -0.2) is 18.8 Å². The second kappa shape index (κ2) is 6.10. The Balaban J connectivity index is 2.00. The van der Waals surface area contributed by atoms with Crippen molar-refractivity contribution >= 4 is 34.8 Å². The lowest BCUT2D eigenvalue weighted by molar-refractivity contribution is 0.598. The van der Waals surface area contributed by atoms with Gasteiger partial charge >= 0.3 is 0 Å². The van der Waals surface area contributed by atoms with Crippen molar-refractivity contribution in [2.75, 3.05) is 11.9 Å². The molecule has 1 heterocycles. The number of anilines is 1. The van der Waals surface area contributed by atoms with Crippen LogP contribution >= 0.6 is 11.6 Å². The summed E-state index contributed by atoms with van der Waals surface area (Å²) in [6, 6.07) is 12.3. The molecule has 0 spiro atoms. The third-order valence-corrected chi connectivity index (χ3v) is 5.05. The third-order valence-electron chi connectivity index (χ3n) is 4.72. The van der Waals surface area contributed by atoms with Crippen LogP contribution in [0.5, 0.6) is 0 Å². The zero-order valence-corrected chi connectivity index (χ0v) is 15.6. The Bertz CT molecular complexity index is 830. The van der Waals surface area contributed by atoms with Crippen LogP contribution in [-0.2, 0) is 0 Å². The monoisotopic (exact) mass is 338 g/mol. The number of benzene rings is 2. The quantitative estimate of drug-likeness (QED) is 0.610. The highest BCUT2D eigenvalue weighted by atomic mass is 35.5. The fourth-order valence-electron chi connectivity index (χ4n) is 3.06. The lowest BCUT2D eigenvalue weighted by Crippen LogP contribution is -2.42. The van der Waals surface area contributed by atoms with E-state index in [1.54, 1.807) is 0 Å². The van der Waals surface area contributed by atoms with Crippen LogP contribution in [0.2, 0.25) is 5.02 Å². The van der Waals surface area contributed by atoms with E-state index in [1.165, 1.54) is 16.7 Å². The van der Waals surface area contributed by atoms with Crippen LogP contribution < -0.4 is 4.90 Å². The third kappa shape index (κ3) is 3.11. The van der Waals surface area contributed by atoms with Gasteiger partial charge in [0.25, 0.3) is 0 Å². The molecule has 0 aromatic heterocycles. The summed E-state index contributed by atoms with van der Waals surface area (Å²) >= 11 is 6.52. The molecule has 0 saturated carbocycles. The van der Waals surface area contributed by atoms with Crippen molar-refractivity contribution in [3.8, 4) is 0 Å². The number of nitrogens with zero attached hydrogens (tertiary/aromatic N) is 2. The number of aliphatic imine (C=N–C) groups is 1. The van der Waals surface area contributed by atoms with Crippen molar-refractivity contribution in [2.45, 2.75) is 33.2 Å². The van der Waals surface area contributed by atoms with E-state index in [0.29, 0.717) is 0 Å². The van der Waals surface area contributed by atoms with Crippen LogP contribution in [0, 0.1) is 6.92 Å². The lowest BCUT2D eigenvalue weighted by Gasteiger charge is -2.40. The number of hydrogen-bond acceptors (Lipinski definition) is 2. The SMILES string of the molecule is CC1=CC(C)(C)N(C)c2cc(Cl)c(C=Nc3ccc(C)cc3)cc21. The van der Waals surface area contributed by atoms with Gasteiger partial charge in [-0.2, -0.15) is 0 Å². The van der Waals surface area contributed by atoms with Crippen molar-refractivity contribution in [2.24, 2.45) is 4.99 Å². The summed E-state index contributed by atoms with van der Waals surface area (Å²) in [4.78, 5) is 6.82. The first-order valence-electron chi connectivity index (χ1n) is 8.16. The molecule has 0 atom stereocenters. The predicted octanol–water partition coefficient (Wildman–Crippen LogP) is 6.03. The molecule has 0 saturated heterocycles. The van der Waals surface area contributed by atoms with Gasteiger partial charge in [0, 0.05) is 30.1 Å². The Kier molecular flexibility index (Phi) is 4.27. The van der Waals surface area contributed by atoms with Crippen molar-refractivity contribution < 1.29 is 0 Å². The number of hydrogen-bond donors (Lipinski definition) is 0. The zero-order chi connectivity index (χ0) is 17.5. The minimum absolute atomic E-state index is 0.0160. The second-order valence-corrected chi connectivity index (χ2v) is 7.43. The van der Waals surface area contributed by atoms with Gasteiger partial charge in [-0.05, 0) is 57.5 Å². The van der Waals surface area contributed by atoms with E-state index in [1.807, 2.05) is 24.4 Å². The normalized spacial score (nSPS) is 16.2. The highest BCUT2D eigenvalue weighted by molar-refractivity contribution is 6.33. The van der Waals surface area contributed by atoms with Gasteiger partial charge in [0.05, 0.1) is 16.2 Å². The highest BCUT2D eigenvalue weighted by Crippen LogP contribution is 2.40. The van der Waals surface area contributed by atoms with Crippen molar-refractivity contribution in [3.63, 3.8) is 0 Å². The summed E-state index contributed by atoms with van der Waals surface area (Å²) in [5, 5.41) is 0.724. The summed E-state index contributed by atoms with van der Waals surface area (Å²) in [6.07, 6.45) is 4.14. The van der Waals surface area contributed by atoms with E-state index in [-0.39, 0.29) is 5.54 Å². The van der Waals surface area contributed by atoms with Gasteiger partial charge in [-0.1, -0.05) is 35.4 Å². The summed E-state index contributed by atoms with van der Waals surface area (Å²) in [5.74, 6) is 0. The molecule has 0 bridgehead atoms. The molecule has 1 aliphatic rings. The van der Waals surface area contributed by atoms with Crippen molar-refractivity contribution in [3.05, 3.63) is 64.2 Å². The molecular weight excluding hydrogens is 316 g/mol. The molecule has 0 fully saturated rings. The lowest BCUT2D eigenvalue weighted by atomic mass is 9.88. The molecule has 0 amide bonds. The second-order valence-electron chi connectivity index (χ2n) is 7.02. The standard InChI is InChI=1S/C21H23ClN2/c1-14-6-8-17(9-7-14)23-13-16-10-18-15(2)12-21(3,4)24(5)20(18)11-19(16)22/h6-13H,1-5H3. The zero-order valence-electron chi connectivity index (χ0n) is 14.9. The average molecular weight is 339 g/mol. The molecule has 2 aromatic carbocycles. The maximum absolute atomic E-state index is 6.52. The molecule has 1 aliphatic heterocycles. The minimum atomic E-state index is -0.0160. The van der Waals surface area contributed by atoms with Crippen molar-refractivity contribution in [1.82, 2.24) is 0 Å². The smallest absolute Gasteiger partial charge is 0.0630 e. The first kappa shape index (κ1) is 16.8. The van der Waals surface area contributed by atoms with Gasteiger partial charge in [0.15, 0.2) is 0 Å². The number of likely N-dealkylation sites (N-methyl/N-ethyl adjacent to an activating group) is 1. The Labute approximate surface area is 149 Å². The summed E-state index contributed by atoms with van der Waals surface area (Å²) in [5.41, 5.74) is 6.74. The predicted molar refractivity (Wildman–Crippen MR) is 106 cm³/mol. The number of halogens is 1. The van der Waals surface area contributed by atoms with Gasteiger partial charge in [0.1, 0.15) is 0 Å². The van der Waals surface area contributed by atoms with Crippen LogP contribution in [0.25, 0.3) is 5.57 Å². The van der Waals surface area contributed by atoms with Crippen molar-refractivity contribution in [1.29, 1.82) is 0 Å². The van der Waals surface area contributed by atoms with Gasteiger partial charge in [-0.25, -0.2) is 0 Å². The Hall–Kier alpha value is -2.06. The average Bonchev–Trinajstić information content (AvgIpc) is 2.52. The molecule has 0 N–H and O–H groups in total. The maximum atomic E-state index is 6.52. The molecular formula is C21H23ClN2. The topological polar surface area (TPSA) is 15.6 Å². The fraction of sp³-hybridized carbons (Fsp3) is 0.286. The Morgan fingerprint density at radius 3 is 2.42 bits per heavy atom. The van der Waals surface area contributed by atoms with Gasteiger partial charge in [-0.3, -0.25) is 4.99 Å². The molecule has 0 unspecified atom stereocenters. The number of aryl methyl sites for hydroxylation is 1. The molecule has 2 nitrogen and oxygen atoms in total. The largest absolute Gasteiger partial charge is 0.365 e. The maximum Gasteiger partial charge on any atom is 0.0630 e. The summed E-state index contributed by atoms with van der Waals surface area (Å²) < 4.78 is 0. The number of rotatable bonds is 2. The van der Waals surface area contributed by atoms with Gasteiger partial charge < -0.3 is 4.90 Å². The summed E-state index contributed by atoms with van der Waals surface area (Å²) in [7, 11) is 2.11. The number of fused-ring (bicyclic) bond motifs is 1. The van der Waals surface area contributed by atoms with Gasteiger partial charge in [0.2, 0.25) is 0 Å². The Morgan fingerprint density at radius 2 is 1.75 bits per heavy atom. The van der Waals surface area contributed by atoms with Crippen LogP contribution in [0.15, 0.2) is 47.5 Å². The fourth-order valence-corrected chi connectivity index (χ4v) is 3.27. The molecule has 2 aromatic rings. The van der Waals surface area contributed by atoms with Crippen LogP contribution in [0.4, 0.5) is 11.4 Å². The molecule has 24 heavy (non-hydrogen) atoms. The van der Waals surface area contributed by atoms with E-state index in [0.717, 1.165) is 22.0 Å². The molecule has 124 valence electrons. The minimum Gasteiger partial charge on any atom is -0.365 e. The van der Waals surface area contributed by atoms with E-state index >= 15 is 0 Å². The first-order valence-corrected chi connectivity index (χ1v) is 8.54. The number of allylic oxidation sites excluding steroid dienone is 1. The van der Waals surface area contributed by atoms with Gasteiger partial charge in [-0.15, -0.1) is 0 Å². The molecule has 3 heteroatoms.